The number of allylic oxidation sites excluding steroid dienone is 6. The van der Waals surface area contributed by atoms with Gasteiger partial charge in [-0.3, -0.25) is 25.0 Å². The van der Waals surface area contributed by atoms with Gasteiger partial charge in [0.25, 0.3) is 0 Å². The average Bonchev–Trinajstić information content (AvgIpc) is 2.58. The van der Waals surface area contributed by atoms with Crippen molar-refractivity contribution in [2.75, 3.05) is 0 Å². The van der Waals surface area contributed by atoms with Gasteiger partial charge in [0.1, 0.15) is 9.85 Å². The van der Waals surface area contributed by atoms with Crippen LogP contribution < -0.4 is 0 Å². The fourth-order valence-electron chi connectivity index (χ4n) is 2.13. The van der Waals surface area contributed by atoms with E-state index < -0.39 is 21.9 Å². The van der Waals surface area contributed by atoms with Gasteiger partial charge in [-0.2, -0.15) is 0 Å². The van der Waals surface area contributed by atoms with Gasteiger partial charge in [0.2, 0.25) is 0 Å². The maximum Gasteiger partial charge on any atom is 0.523 e. The lowest BCUT2D eigenvalue weighted by atomic mass is 10.1. The summed E-state index contributed by atoms with van der Waals surface area (Å²) in [4.78, 5) is 29.7. The molecule has 1 radical (unpaired) electrons. The first-order chi connectivity index (χ1) is 12.0. The summed E-state index contributed by atoms with van der Waals surface area (Å²) >= 11 is 0. The second-order valence-corrected chi connectivity index (χ2v) is 5.71. The zero-order chi connectivity index (χ0) is 19.0. The maximum atomic E-state index is 10.7. The van der Waals surface area contributed by atoms with Gasteiger partial charge in [-0.25, -0.2) is 0 Å². The molecular formula is C18H27N2O5. The first-order valence-corrected chi connectivity index (χ1v) is 8.64. The molecule has 7 heteroatoms. The van der Waals surface area contributed by atoms with Crippen molar-refractivity contribution in [3.8, 4) is 0 Å². The lowest BCUT2D eigenvalue weighted by molar-refractivity contribution is -0.772. The molecule has 0 aliphatic carbocycles. The molecule has 0 N–H and O–H groups in total. The summed E-state index contributed by atoms with van der Waals surface area (Å²) in [7, 11) is 0. The van der Waals surface area contributed by atoms with E-state index in [9.17, 15) is 25.0 Å². The van der Waals surface area contributed by atoms with E-state index in [2.05, 4.69) is 25.2 Å². The summed E-state index contributed by atoms with van der Waals surface area (Å²) in [5.74, 6) is 0. The van der Waals surface area contributed by atoms with Crippen LogP contribution in [0.5, 0.6) is 0 Å². The van der Waals surface area contributed by atoms with E-state index in [4.69, 9.17) is 0 Å². The van der Waals surface area contributed by atoms with Crippen LogP contribution in [0.3, 0.4) is 0 Å². The van der Waals surface area contributed by atoms with Crippen LogP contribution in [0.25, 0.3) is 0 Å². The highest BCUT2D eigenvalue weighted by atomic mass is 16.7. The summed E-state index contributed by atoms with van der Waals surface area (Å²) in [5.41, 5.74) is -2.84. The predicted molar refractivity (Wildman–Crippen MR) is 97.1 cm³/mol. The molecule has 0 unspecified atom stereocenters. The number of unbranched alkanes of at least 4 members (excludes halogenated alkanes) is 4. The minimum atomic E-state index is -2.84. The van der Waals surface area contributed by atoms with Crippen molar-refractivity contribution in [3.05, 3.63) is 56.7 Å². The highest BCUT2D eigenvalue weighted by molar-refractivity contribution is 5.59. The lowest BCUT2D eigenvalue weighted by Crippen LogP contribution is -2.47. The van der Waals surface area contributed by atoms with Gasteiger partial charge in [0, 0.05) is 0 Å². The van der Waals surface area contributed by atoms with Gasteiger partial charge in [-0.05, 0) is 38.5 Å². The van der Waals surface area contributed by atoms with Crippen molar-refractivity contribution < 1.29 is 14.6 Å². The number of hydrogen-bond acceptors (Lipinski definition) is 5. The predicted octanol–water partition coefficient (Wildman–Crippen LogP) is 4.55. The summed E-state index contributed by atoms with van der Waals surface area (Å²) < 4.78 is 0. The highest BCUT2D eigenvalue weighted by Gasteiger charge is 2.57. The molecule has 0 heterocycles. The summed E-state index contributed by atoms with van der Waals surface area (Å²) in [6, 6.07) is 0. The molecule has 0 aliphatic heterocycles. The molecule has 0 fully saturated rings. The zero-order valence-electron chi connectivity index (χ0n) is 14.8. The van der Waals surface area contributed by atoms with Gasteiger partial charge in [0.05, 0.1) is 6.42 Å². The van der Waals surface area contributed by atoms with E-state index >= 15 is 0 Å². The smallest absolute Gasteiger partial charge is 0.273 e. The van der Waals surface area contributed by atoms with Gasteiger partial charge in [-0.1, -0.05) is 56.2 Å². The van der Waals surface area contributed by atoms with Crippen LogP contribution in [0.2, 0.25) is 0 Å². The fraction of sp³-hybridized carbons (Fsp3) is 0.611. The minimum absolute atomic E-state index is 0.178. The van der Waals surface area contributed by atoms with Crippen LogP contribution in [0.15, 0.2) is 36.5 Å². The molecule has 0 aliphatic rings. The molecule has 0 aromatic rings. The second kappa shape index (κ2) is 14.1. The Morgan fingerprint density at radius 3 is 1.76 bits per heavy atom. The third kappa shape index (κ3) is 9.54. The van der Waals surface area contributed by atoms with Crippen LogP contribution in [0.4, 0.5) is 0 Å². The largest absolute Gasteiger partial charge is 0.523 e. The zero-order valence-corrected chi connectivity index (χ0v) is 14.8. The van der Waals surface area contributed by atoms with Crippen molar-refractivity contribution in [3.63, 3.8) is 0 Å². The molecule has 0 aromatic heterocycles. The number of carbonyl (C=O) groups excluding carboxylic acids is 1. The first kappa shape index (κ1) is 22.7. The first-order valence-electron chi connectivity index (χ1n) is 8.64. The number of hydrogen-bond donors (Lipinski definition) is 0. The molecule has 0 saturated heterocycles. The van der Waals surface area contributed by atoms with Crippen LogP contribution in [-0.4, -0.2) is 21.8 Å². The van der Waals surface area contributed by atoms with Crippen LogP contribution in [0, 0.1) is 20.2 Å². The third-order valence-electron chi connectivity index (χ3n) is 3.68. The van der Waals surface area contributed by atoms with Gasteiger partial charge in [0.15, 0.2) is 0 Å². The molecule has 0 amide bonds. The third-order valence-corrected chi connectivity index (χ3v) is 3.68. The quantitative estimate of drug-likeness (QED) is 0.142. The lowest BCUT2D eigenvalue weighted by Gasteiger charge is -2.08. The summed E-state index contributed by atoms with van der Waals surface area (Å²) in [6.45, 7) is 2.18. The number of nitrogens with zero attached hydrogens (tertiary/aromatic N) is 2. The Morgan fingerprint density at radius 1 is 0.840 bits per heavy atom. The highest BCUT2D eigenvalue weighted by Crippen LogP contribution is 2.17. The average molecular weight is 351 g/mol. The molecule has 139 valence electrons. The molecule has 0 atom stereocenters. The van der Waals surface area contributed by atoms with Crippen molar-refractivity contribution in [1.29, 1.82) is 0 Å². The number of nitro groups is 2. The van der Waals surface area contributed by atoms with E-state index in [0.717, 1.165) is 25.5 Å². The van der Waals surface area contributed by atoms with Crippen molar-refractivity contribution in [2.24, 2.45) is 0 Å². The molecule has 0 saturated carbocycles. The van der Waals surface area contributed by atoms with E-state index in [0.29, 0.717) is 6.42 Å². The Bertz CT molecular complexity index is 484. The molecular weight excluding hydrogens is 324 g/mol. The molecule has 0 aromatic carbocycles. The molecule has 0 bridgehead atoms. The topological polar surface area (TPSA) is 103 Å². The normalized spacial score (nSPS) is 12.4. The van der Waals surface area contributed by atoms with E-state index in [1.165, 1.54) is 19.3 Å². The SMILES string of the molecule is CCCCCC=CCC=CCC=CCCCC([C]=O)([N+](=O)[O-])[N+](=O)[O-]. The van der Waals surface area contributed by atoms with Gasteiger partial charge < -0.3 is 0 Å². The molecule has 7 nitrogen and oxygen atoms in total. The van der Waals surface area contributed by atoms with E-state index in [-0.39, 0.29) is 6.42 Å². The van der Waals surface area contributed by atoms with Crippen LogP contribution >= 0.6 is 0 Å². The van der Waals surface area contributed by atoms with Crippen LogP contribution in [0.1, 0.15) is 64.7 Å². The summed E-state index contributed by atoms with van der Waals surface area (Å²) in [5, 5.41) is 21.5. The maximum absolute atomic E-state index is 10.7. The Hall–Kier alpha value is -2.31. The second-order valence-electron chi connectivity index (χ2n) is 5.71. The number of rotatable bonds is 15. The van der Waals surface area contributed by atoms with Crippen molar-refractivity contribution in [2.45, 2.75) is 70.4 Å². The molecule has 0 spiro atoms. The Morgan fingerprint density at radius 2 is 1.32 bits per heavy atom. The van der Waals surface area contributed by atoms with Crippen molar-refractivity contribution >= 4 is 6.29 Å². The minimum Gasteiger partial charge on any atom is -0.273 e. The Kier molecular flexibility index (Phi) is 12.8. The fourth-order valence-corrected chi connectivity index (χ4v) is 2.13. The molecule has 25 heavy (non-hydrogen) atoms. The standard InChI is InChI=1S/C18H27N2O5/c1-2-3-4-5-6-7-8-9-10-11-12-13-14-15-16-18(17-21,19(22)23)20(24)25/h6-7,9-10,12-13H,2-5,8,11,14-16H2,1H3. The van der Waals surface area contributed by atoms with Gasteiger partial charge in [-0.15, -0.1) is 0 Å². The Labute approximate surface area is 148 Å². The van der Waals surface area contributed by atoms with E-state index in [1.807, 2.05) is 12.2 Å². The monoisotopic (exact) mass is 351 g/mol. The van der Waals surface area contributed by atoms with E-state index in [1.54, 1.807) is 6.08 Å². The molecule has 0 rings (SSSR count). The van der Waals surface area contributed by atoms with Crippen molar-refractivity contribution in [1.82, 2.24) is 0 Å². The summed E-state index contributed by atoms with van der Waals surface area (Å²) in [6.07, 6.45) is 19.7. The van der Waals surface area contributed by atoms with Gasteiger partial charge >= 0.3 is 11.9 Å². The van der Waals surface area contributed by atoms with Crippen LogP contribution in [-0.2, 0) is 4.79 Å². The Balaban J connectivity index is 3.92.